The lowest BCUT2D eigenvalue weighted by Crippen LogP contribution is -2.50. The summed E-state index contributed by atoms with van der Waals surface area (Å²) in [6.07, 6.45) is 1.55. The highest BCUT2D eigenvalue weighted by Crippen LogP contribution is 2.23. The predicted octanol–water partition coefficient (Wildman–Crippen LogP) is 5.90. The number of aryl methyl sites for hydroxylation is 1. The van der Waals surface area contributed by atoms with Crippen molar-refractivity contribution in [1.82, 2.24) is 10.2 Å². The van der Waals surface area contributed by atoms with Crippen molar-refractivity contribution < 1.29 is 9.59 Å². The van der Waals surface area contributed by atoms with E-state index in [1.54, 1.807) is 4.90 Å². The van der Waals surface area contributed by atoms with E-state index in [1.165, 1.54) is 5.56 Å². The molecular formula is C27H37ClN2O2. The number of amides is 2. The molecule has 0 fully saturated rings. The van der Waals surface area contributed by atoms with Gasteiger partial charge in [0.15, 0.2) is 0 Å². The Morgan fingerprint density at radius 2 is 1.53 bits per heavy atom. The molecule has 1 N–H and O–H groups in total. The van der Waals surface area contributed by atoms with Crippen molar-refractivity contribution in [3.63, 3.8) is 0 Å². The highest BCUT2D eigenvalue weighted by atomic mass is 35.5. The van der Waals surface area contributed by atoms with Crippen molar-refractivity contribution >= 4 is 23.4 Å². The van der Waals surface area contributed by atoms with E-state index in [-0.39, 0.29) is 23.3 Å². The van der Waals surface area contributed by atoms with E-state index in [0.29, 0.717) is 30.8 Å². The highest BCUT2D eigenvalue weighted by Gasteiger charge is 2.28. The minimum atomic E-state index is -0.510. The monoisotopic (exact) mass is 456 g/mol. The zero-order chi connectivity index (χ0) is 23.9. The molecule has 0 radical (unpaired) electrons. The molecule has 0 spiro atoms. The van der Waals surface area contributed by atoms with E-state index in [9.17, 15) is 9.59 Å². The maximum Gasteiger partial charge on any atom is 0.243 e. The Kier molecular flexibility index (Phi) is 9.33. The fourth-order valence-corrected chi connectivity index (χ4v) is 3.78. The molecule has 32 heavy (non-hydrogen) atoms. The Hall–Kier alpha value is -2.33. The number of nitrogens with one attached hydrogen (secondary N) is 1. The maximum absolute atomic E-state index is 13.3. The van der Waals surface area contributed by atoms with Gasteiger partial charge in [-0.15, -0.1) is 0 Å². The van der Waals surface area contributed by atoms with Crippen LogP contribution in [0.25, 0.3) is 0 Å². The number of hydrogen-bond donors (Lipinski definition) is 1. The third kappa shape index (κ3) is 7.67. The average molecular weight is 457 g/mol. The van der Waals surface area contributed by atoms with Crippen molar-refractivity contribution in [3.05, 3.63) is 70.2 Å². The topological polar surface area (TPSA) is 49.4 Å². The van der Waals surface area contributed by atoms with Crippen LogP contribution in [0.5, 0.6) is 0 Å². The summed E-state index contributed by atoms with van der Waals surface area (Å²) in [5.41, 5.74) is 3.45. The van der Waals surface area contributed by atoms with Crippen molar-refractivity contribution in [3.8, 4) is 0 Å². The van der Waals surface area contributed by atoms with Crippen LogP contribution in [0.2, 0.25) is 5.02 Å². The van der Waals surface area contributed by atoms with E-state index in [1.807, 2.05) is 45.0 Å². The van der Waals surface area contributed by atoms with Crippen molar-refractivity contribution in [1.29, 1.82) is 0 Å². The number of rotatable bonds is 9. The number of halogens is 1. The van der Waals surface area contributed by atoms with Gasteiger partial charge < -0.3 is 10.2 Å². The number of carbonyl (C=O) groups excluding carboxylic acids is 2. The van der Waals surface area contributed by atoms with E-state index >= 15 is 0 Å². The predicted molar refractivity (Wildman–Crippen MR) is 133 cm³/mol. The molecule has 0 heterocycles. The van der Waals surface area contributed by atoms with Gasteiger partial charge in [0, 0.05) is 24.0 Å². The third-order valence-corrected chi connectivity index (χ3v) is 5.78. The molecule has 0 aromatic heterocycles. The molecule has 2 aromatic carbocycles. The molecule has 2 amide bonds. The Balaban J connectivity index is 2.18. The zero-order valence-electron chi connectivity index (χ0n) is 20.2. The van der Waals surface area contributed by atoms with Gasteiger partial charge >= 0.3 is 0 Å². The van der Waals surface area contributed by atoms with Crippen LogP contribution in [-0.4, -0.2) is 28.8 Å². The van der Waals surface area contributed by atoms with Gasteiger partial charge in [0.05, 0.1) is 0 Å². The highest BCUT2D eigenvalue weighted by molar-refractivity contribution is 6.30. The van der Waals surface area contributed by atoms with Gasteiger partial charge in [0.2, 0.25) is 11.8 Å². The molecule has 0 bridgehead atoms. The van der Waals surface area contributed by atoms with Gasteiger partial charge in [-0.1, -0.05) is 75.7 Å². The molecule has 0 aliphatic heterocycles. The first-order chi connectivity index (χ1) is 15.0. The molecule has 2 aromatic rings. The first kappa shape index (κ1) is 25.9. The summed E-state index contributed by atoms with van der Waals surface area (Å²) in [7, 11) is 0. The molecule has 0 saturated heterocycles. The maximum atomic E-state index is 13.3. The Labute approximate surface area is 198 Å². The van der Waals surface area contributed by atoms with Gasteiger partial charge in [-0.05, 0) is 60.9 Å². The van der Waals surface area contributed by atoms with E-state index in [4.69, 9.17) is 11.6 Å². The largest absolute Gasteiger partial charge is 0.352 e. The zero-order valence-corrected chi connectivity index (χ0v) is 21.0. The van der Waals surface area contributed by atoms with E-state index in [0.717, 1.165) is 11.1 Å². The van der Waals surface area contributed by atoms with Gasteiger partial charge in [0.25, 0.3) is 0 Å². The van der Waals surface area contributed by atoms with Crippen LogP contribution in [0.15, 0.2) is 48.5 Å². The summed E-state index contributed by atoms with van der Waals surface area (Å²) < 4.78 is 0. The van der Waals surface area contributed by atoms with Crippen molar-refractivity contribution in [2.45, 2.75) is 84.8 Å². The van der Waals surface area contributed by atoms with Crippen LogP contribution in [0.3, 0.4) is 0 Å². The average Bonchev–Trinajstić information content (AvgIpc) is 2.72. The Morgan fingerprint density at radius 3 is 2.03 bits per heavy atom. The number of nitrogens with zero attached hydrogens (tertiary/aromatic N) is 1. The molecule has 174 valence electrons. The van der Waals surface area contributed by atoms with Crippen LogP contribution in [0.1, 0.15) is 71.1 Å². The molecule has 1 atom stereocenters. The van der Waals surface area contributed by atoms with E-state index < -0.39 is 6.04 Å². The summed E-state index contributed by atoms with van der Waals surface area (Å²) in [6, 6.07) is 15.4. The molecule has 4 nitrogen and oxygen atoms in total. The molecule has 1 unspecified atom stereocenters. The summed E-state index contributed by atoms with van der Waals surface area (Å²) in [6.45, 7) is 12.7. The van der Waals surface area contributed by atoms with Crippen LogP contribution >= 0.6 is 11.6 Å². The van der Waals surface area contributed by atoms with Crippen molar-refractivity contribution in [2.24, 2.45) is 0 Å². The second kappa shape index (κ2) is 11.5. The molecule has 2 rings (SSSR count). The summed E-state index contributed by atoms with van der Waals surface area (Å²) in [5.74, 6) is -0.134. The molecule has 0 aliphatic carbocycles. The first-order valence-corrected chi connectivity index (χ1v) is 11.8. The lowest BCUT2D eigenvalue weighted by Gasteiger charge is -2.31. The normalized spacial score (nSPS) is 12.5. The Bertz CT molecular complexity index is 883. The van der Waals surface area contributed by atoms with Crippen LogP contribution in [0, 0.1) is 0 Å². The molecule has 0 saturated carbocycles. The molecular weight excluding hydrogens is 420 g/mol. The third-order valence-electron chi connectivity index (χ3n) is 5.53. The SMILES string of the molecule is CCC(C(=O)NC(C)C)N(Cc1ccc(Cl)cc1)C(=O)CCc1ccc(C(C)(C)C)cc1. The van der Waals surface area contributed by atoms with Crippen LogP contribution < -0.4 is 5.32 Å². The van der Waals surface area contributed by atoms with Gasteiger partial charge in [-0.2, -0.15) is 0 Å². The Morgan fingerprint density at radius 1 is 0.969 bits per heavy atom. The first-order valence-electron chi connectivity index (χ1n) is 11.4. The summed E-state index contributed by atoms with van der Waals surface area (Å²) in [4.78, 5) is 27.9. The van der Waals surface area contributed by atoms with Crippen LogP contribution in [0.4, 0.5) is 0 Å². The molecule has 5 heteroatoms. The van der Waals surface area contributed by atoms with Crippen LogP contribution in [-0.2, 0) is 28.0 Å². The number of carbonyl (C=O) groups is 2. The summed E-state index contributed by atoms with van der Waals surface area (Å²) >= 11 is 6.02. The fourth-order valence-electron chi connectivity index (χ4n) is 3.65. The fraction of sp³-hybridized carbons (Fsp3) is 0.481. The smallest absolute Gasteiger partial charge is 0.243 e. The summed E-state index contributed by atoms with van der Waals surface area (Å²) in [5, 5.41) is 3.61. The number of hydrogen-bond acceptors (Lipinski definition) is 2. The standard InChI is InChI=1S/C27H37ClN2O2/c1-7-24(26(32)29-19(2)3)30(18-21-10-15-23(28)16-11-21)25(31)17-12-20-8-13-22(14-9-20)27(4,5)6/h8-11,13-16,19,24H,7,12,17-18H2,1-6H3,(H,29,32). The van der Waals surface area contributed by atoms with Gasteiger partial charge in [-0.25, -0.2) is 0 Å². The second-order valence-corrected chi connectivity index (χ2v) is 10.1. The van der Waals surface area contributed by atoms with E-state index in [2.05, 4.69) is 50.4 Å². The second-order valence-electron chi connectivity index (χ2n) is 9.68. The van der Waals surface area contributed by atoms with Gasteiger partial charge in [-0.3, -0.25) is 9.59 Å². The quantitative estimate of drug-likeness (QED) is 0.510. The minimum absolute atomic E-state index is 0.0189. The number of benzene rings is 2. The minimum Gasteiger partial charge on any atom is -0.352 e. The van der Waals surface area contributed by atoms with Gasteiger partial charge in [0.1, 0.15) is 6.04 Å². The molecule has 0 aliphatic rings. The lowest BCUT2D eigenvalue weighted by molar-refractivity contribution is -0.141. The lowest BCUT2D eigenvalue weighted by atomic mass is 9.86. The van der Waals surface area contributed by atoms with Crippen molar-refractivity contribution in [2.75, 3.05) is 0 Å².